The zero-order valence-corrected chi connectivity index (χ0v) is 12.8. The third kappa shape index (κ3) is 3.65. The van der Waals surface area contributed by atoms with Crippen molar-refractivity contribution in [2.45, 2.75) is 38.9 Å². The van der Waals surface area contributed by atoms with E-state index in [1.165, 1.54) is 0 Å². The lowest BCUT2D eigenvalue weighted by molar-refractivity contribution is 0.232. The summed E-state index contributed by atoms with van der Waals surface area (Å²) in [5.41, 5.74) is 0. The molecule has 15 heavy (non-hydrogen) atoms. The molecule has 0 aliphatic heterocycles. The van der Waals surface area contributed by atoms with Crippen LogP contribution in [0.1, 0.15) is 20.8 Å². The predicted octanol–water partition coefficient (Wildman–Crippen LogP) is 1.96. The average Bonchev–Trinajstić information content (AvgIpc) is 2.33. The van der Waals surface area contributed by atoms with Crippen molar-refractivity contribution in [2.24, 2.45) is 0 Å². The predicted molar refractivity (Wildman–Crippen MR) is 67.1 cm³/mol. The van der Waals surface area contributed by atoms with Gasteiger partial charge in [0.2, 0.25) is 0 Å². The van der Waals surface area contributed by atoms with Gasteiger partial charge in [-0.15, -0.1) is 0 Å². The van der Waals surface area contributed by atoms with Gasteiger partial charge in [-0.05, 0) is 12.1 Å². The smallest absolute Gasteiger partial charge is 0.407 e. The summed E-state index contributed by atoms with van der Waals surface area (Å²) in [5.74, 6) is 0. The SMILES string of the molecule is CC[Si](CC)(N[Si](CC)(OC)OC)OC. The van der Waals surface area contributed by atoms with Crippen molar-refractivity contribution < 1.29 is 13.3 Å². The van der Waals surface area contributed by atoms with Crippen LogP contribution in [0.2, 0.25) is 18.1 Å². The lowest BCUT2D eigenvalue weighted by atomic mass is 10.9. The maximum absolute atomic E-state index is 5.70. The van der Waals surface area contributed by atoms with Crippen molar-refractivity contribution in [1.82, 2.24) is 4.65 Å². The first-order chi connectivity index (χ1) is 7.07. The maximum Gasteiger partial charge on any atom is 0.419 e. The Bertz CT molecular complexity index is 138. The molecule has 0 aliphatic carbocycles. The minimum absolute atomic E-state index is 0.887. The molecule has 0 aromatic rings. The highest BCUT2D eigenvalue weighted by Crippen LogP contribution is 2.18. The molecule has 0 rings (SSSR count). The molecular formula is C9H25NO3Si2. The van der Waals surface area contributed by atoms with Gasteiger partial charge < -0.3 is 13.3 Å². The van der Waals surface area contributed by atoms with Gasteiger partial charge in [0.1, 0.15) is 0 Å². The van der Waals surface area contributed by atoms with Gasteiger partial charge in [-0.25, -0.2) is 0 Å². The normalized spacial score (nSPS) is 13.2. The molecule has 0 aliphatic rings. The molecule has 0 radical (unpaired) electrons. The molecule has 0 spiro atoms. The van der Waals surface area contributed by atoms with E-state index in [2.05, 4.69) is 25.4 Å². The lowest BCUT2D eigenvalue weighted by Gasteiger charge is -2.37. The molecule has 92 valence electrons. The molecule has 0 fully saturated rings. The van der Waals surface area contributed by atoms with Crippen LogP contribution in [0.15, 0.2) is 0 Å². The Kier molecular flexibility index (Phi) is 6.89. The largest absolute Gasteiger partial charge is 0.419 e. The van der Waals surface area contributed by atoms with Gasteiger partial charge in [0.25, 0.3) is 8.48 Å². The van der Waals surface area contributed by atoms with Gasteiger partial charge >= 0.3 is 8.72 Å². The number of hydrogen-bond donors (Lipinski definition) is 1. The summed E-state index contributed by atoms with van der Waals surface area (Å²) in [6, 6.07) is 2.95. The highest BCUT2D eigenvalue weighted by Gasteiger charge is 2.44. The molecule has 0 aromatic heterocycles. The van der Waals surface area contributed by atoms with Crippen LogP contribution in [0.5, 0.6) is 0 Å². The van der Waals surface area contributed by atoms with Crippen LogP contribution in [-0.2, 0) is 13.3 Å². The lowest BCUT2D eigenvalue weighted by Crippen LogP contribution is -2.67. The van der Waals surface area contributed by atoms with E-state index < -0.39 is 17.2 Å². The van der Waals surface area contributed by atoms with Crippen LogP contribution >= 0.6 is 0 Å². The Morgan fingerprint density at radius 3 is 1.47 bits per heavy atom. The molecule has 4 nitrogen and oxygen atoms in total. The molecule has 0 bridgehead atoms. The van der Waals surface area contributed by atoms with Crippen LogP contribution < -0.4 is 4.65 Å². The Balaban J connectivity index is 4.74. The monoisotopic (exact) mass is 251 g/mol. The first-order valence-corrected chi connectivity index (χ1v) is 9.87. The quantitative estimate of drug-likeness (QED) is 0.670. The van der Waals surface area contributed by atoms with E-state index in [-0.39, 0.29) is 0 Å². The molecular weight excluding hydrogens is 226 g/mol. The van der Waals surface area contributed by atoms with Crippen LogP contribution in [0.3, 0.4) is 0 Å². The van der Waals surface area contributed by atoms with Crippen molar-refractivity contribution in [3.63, 3.8) is 0 Å². The summed E-state index contributed by atoms with van der Waals surface area (Å²) in [5, 5.41) is 0. The number of rotatable bonds is 8. The van der Waals surface area contributed by atoms with E-state index in [0.717, 1.165) is 18.1 Å². The van der Waals surface area contributed by atoms with Gasteiger partial charge in [-0.2, -0.15) is 0 Å². The Hall–Kier alpha value is 0.274. The van der Waals surface area contributed by atoms with Crippen molar-refractivity contribution in [3.05, 3.63) is 0 Å². The summed E-state index contributed by atoms with van der Waals surface area (Å²) in [7, 11) is 1.13. The van der Waals surface area contributed by atoms with Crippen molar-refractivity contribution in [1.29, 1.82) is 0 Å². The first-order valence-electron chi connectivity index (χ1n) is 5.52. The van der Waals surface area contributed by atoms with Crippen LogP contribution in [0.4, 0.5) is 0 Å². The minimum Gasteiger partial charge on any atom is -0.407 e. The topological polar surface area (TPSA) is 39.7 Å². The summed E-state index contributed by atoms with van der Waals surface area (Å²) in [4.78, 5) is 0. The van der Waals surface area contributed by atoms with E-state index in [1.807, 2.05) is 0 Å². The van der Waals surface area contributed by atoms with Gasteiger partial charge in [-0.1, -0.05) is 20.8 Å². The molecule has 0 unspecified atom stereocenters. The first kappa shape index (κ1) is 15.3. The van der Waals surface area contributed by atoms with Crippen molar-refractivity contribution >= 4 is 17.2 Å². The zero-order chi connectivity index (χ0) is 11.9. The number of nitrogens with one attached hydrogen (secondary N) is 1. The minimum atomic E-state index is -2.23. The Morgan fingerprint density at radius 2 is 1.27 bits per heavy atom. The molecule has 0 saturated heterocycles. The second-order valence-electron chi connectivity index (χ2n) is 3.55. The van der Waals surface area contributed by atoms with Crippen LogP contribution in [0, 0.1) is 0 Å². The van der Waals surface area contributed by atoms with Crippen LogP contribution in [-0.4, -0.2) is 38.5 Å². The fourth-order valence-electron chi connectivity index (χ4n) is 1.68. The third-order valence-corrected chi connectivity index (χ3v) is 11.7. The molecule has 6 heteroatoms. The molecule has 0 amide bonds. The Morgan fingerprint density at radius 1 is 0.800 bits per heavy atom. The van der Waals surface area contributed by atoms with E-state index in [9.17, 15) is 0 Å². The zero-order valence-electron chi connectivity index (χ0n) is 10.8. The molecule has 0 saturated carbocycles. The summed E-state index contributed by atoms with van der Waals surface area (Å²) < 4.78 is 20.4. The maximum atomic E-state index is 5.70. The van der Waals surface area contributed by atoms with Gasteiger partial charge in [0.05, 0.1) is 0 Å². The molecule has 0 atom stereocenters. The van der Waals surface area contributed by atoms with Crippen LogP contribution in [0.25, 0.3) is 0 Å². The third-order valence-electron chi connectivity index (χ3n) is 3.08. The van der Waals surface area contributed by atoms with E-state index in [0.29, 0.717) is 0 Å². The molecule has 0 aromatic carbocycles. The Labute approximate surface area is 95.8 Å². The highest BCUT2D eigenvalue weighted by molar-refractivity contribution is 6.84. The second kappa shape index (κ2) is 6.77. The van der Waals surface area contributed by atoms with Gasteiger partial charge in [0, 0.05) is 27.4 Å². The van der Waals surface area contributed by atoms with Crippen molar-refractivity contribution in [2.75, 3.05) is 21.3 Å². The van der Waals surface area contributed by atoms with E-state index >= 15 is 0 Å². The van der Waals surface area contributed by atoms with E-state index in [4.69, 9.17) is 13.3 Å². The summed E-state index contributed by atoms with van der Waals surface area (Å²) >= 11 is 0. The molecule has 0 heterocycles. The fourth-order valence-corrected chi connectivity index (χ4v) is 9.62. The average molecular weight is 251 g/mol. The number of hydrogen-bond acceptors (Lipinski definition) is 4. The second-order valence-corrected chi connectivity index (χ2v) is 11.4. The highest BCUT2D eigenvalue weighted by atomic mass is 28.4. The van der Waals surface area contributed by atoms with Crippen molar-refractivity contribution in [3.8, 4) is 0 Å². The van der Waals surface area contributed by atoms with Gasteiger partial charge in [0.15, 0.2) is 0 Å². The fraction of sp³-hybridized carbons (Fsp3) is 1.00. The van der Waals surface area contributed by atoms with Gasteiger partial charge in [-0.3, -0.25) is 4.65 Å². The van der Waals surface area contributed by atoms with E-state index in [1.54, 1.807) is 21.3 Å². The molecule has 1 N–H and O–H groups in total. The summed E-state index contributed by atoms with van der Waals surface area (Å²) in [6.07, 6.45) is 0. The summed E-state index contributed by atoms with van der Waals surface area (Å²) in [6.45, 7) is 6.41. The standard InChI is InChI=1S/C9H25NO3Si2/c1-7-14(8-2,11-4)10-15(9-3,12-5)13-6/h10H,7-9H2,1-6H3.